The lowest BCUT2D eigenvalue weighted by atomic mass is 10.2. The van der Waals surface area contributed by atoms with Crippen molar-refractivity contribution in [3.05, 3.63) is 108 Å². The second kappa shape index (κ2) is 9.32. The van der Waals surface area contributed by atoms with E-state index < -0.39 is 15.8 Å². The summed E-state index contributed by atoms with van der Waals surface area (Å²) in [7, 11) is -3.90. The van der Waals surface area contributed by atoms with Gasteiger partial charge < -0.3 is 4.42 Å². The van der Waals surface area contributed by atoms with E-state index in [9.17, 15) is 17.6 Å². The number of hydrogen-bond acceptors (Lipinski definition) is 6. The number of carbonyl (C=O) groups excluding carboxylic acids is 1. The molecule has 1 N–H and O–H groups in total. The normalized spacial score (nSPS) is 11.5. The van der Waals surface area contributed by atoms with Gasteiger partial charge in [0.05, 0.1) is 27.9 Å². The minimum Gasteiger partial charge on any atom is -0.467 e. The third kappa shape index (κ3) is 4.93. The number of para-hydroxylation sites is 1. The SMILES string of the molecule is O=C(c1ccc(NS(=O)(=O)c2ccc(F)cc2)cc1)N(Cc1ccco1)c1nc2ccccc2s1. The van der Waals surface area contributed by atoms with E-state index in [4.69, 9.17) is 4.42 Å². The molecule has 3 aromatic carbocycles. The fourth-order valence-electron chi connectivity index (χ4n) is 3.42. The first-order valence-corrected chi connectivity index (χ1v) is 12.8. The summed E-state index contributed by atoms with van der Waals surface area (Å²) in [5.74, 6) is -0.242. The molecule has 0 atom stereocenters. The zero-order valence-electron chi connectivity index (χ0n) is 18.1. The number of anilines is 2. The Balaban J connectivity index is 1.41. The first-order valence-electron chi connectivity index (χ1n) is 10.5. The highest BCUT2D eigenvalue weighted by atomic mass is 32.2. The Labute approximate surface area is 204 Å². The average Bonchev–Trinajstić information content (AvgIpc) is 3.52. The molecule has 0 aliphatic rings. The monoisotopic (exact) mass is 507 g/mol. The van der Waals surface area contributed by atoms with Crippen LogP contribution in [-0.2, 0) is 16.6 Å². The first kappa shape index (κ1) is 22.8. The van der Waals surface area contributed by atoms with Crippen molar-refractivity contribution in [1.29, 1.82) is 0 Å². The van der Waals surface area contributed by atoms with Gasteiger partial charge in [0, 0.05) is 11.3 Å². The number of thiazole rings is 1. The summed E-state index contributed by atoms with van der Waals surface area (Å²) in [6, 6.07) is 21.7. The molecule has 7 nitrogen and oxygen atoms in total. The zero-order chi connectivity index (χ0) is 24.4. The number of benzene rings is 3. The summed E-state index contributed by atoms with van der Waals surface area (Å²) < 4.78 is 47.1. The van der Waals surface area contributed by atoms with Gasteiger partial charge in [0.25, 0.3) is 15.9 Å². The molecule has 176 valence electrons. The van der Waals surface area contributed by atoms with E-state index in [2.05, 4.69) is 9.71 Å². The Morgan fingerprint density at radius 3 is 2.40 bits per heavy atom. The predicted octanol–water partition coefficient (Wildman–Crippen LogP) is 5.68. The third-order valence-corrected chi connectivity index (χ3v) is 7.62. The van der Waals surface area contributed by atoms with Crippen molar-refractivity contribution >= 4 is 48.3 Å². The summed E-state index contributed by atoms with van der Waals surface area (Å²) in [6.07, 6.45) is 1.54. The van der Waals surface area contributed by atoms with Crippen LogP contribution < -0.4 is 9.62 Å². The Morgan fingerprint density at radius 2 is 1.71 bits per heavy atom. The summed E-state index contributed by atoms with van der Waals surface area (Å²) >= 11 is 1.39. The predicted molar refractivity (Wildman–Crippen MR) is 132 cm³/mol. The molecule has 2 aromatic heterocycles. The number of carbonyl (C=O) groups is 1. The molecule has 0 radical (unpaired) electrons. The van der Waals surface area contributed by atoms with Crippen molar-refractivity contribution in [3.8, 4) is 0 Å². The number of nitrogens with one attached hydrogen (secondary N) is 1. The van der Waals surface area contributed by atoms with Crippen LogP contribution in [0.4, 0.5) is 15.2 Å². The highest BCUT2D eigenvalue weighted by Gasteiger charge is 2.23. The van der Waals surface area contributed by atoms with E-state index >= 15 is 0 Å². The molecule has 0 spiro atoms. The van der Waals surface area contributed by atoms with E-state index in [1.807, 2.05) is 24.3 Å². The lowest BCUT2D eigenvalue weighted by Gasteiger charge is -2.19. The van der Waals surface area contributed by atoms with Gasteiger partial charge in [-0.2, -0.15) is 0 Å². The van der Waals surface area contributed by atoms with Crippen LogP contribution in [0.25, 0.3) is 10.2 Å². The molecule has 10 heteroatoms. The van der Waals surface area contributed by atoms with E-state index in [0.717, 1.165) is 22.3 Å². The van der Waals surface area contributed by atoms with Crippen LogP contribution in [0.5, 0.6) is 0 Å². The van der Waals surface area contributed by atoms with Gasteiger partial charge in [0.2, 0.25) is 0 Å². The van der Waals surface area contributed by atoms with Gasteiger partial charge in [-0.25, -0.2) is 17.8 Å². The molecule has 0 aliphatic carbocycles. The van der Waals surface area contributed by atoms with Gasteiger partial charge in [0.15, 0.2) is 5.13 Å². The standard InChI is InChI=1S/C25H18FN3O4S2/c26-18-9-13-21(14-10-18)35(31,32)28-19-11-7-17(8-12-19)24(30)29(16-20-4-3-15-33-20)25-27-22-5-1-2-6-23(22)34-25/h1-15,28H,16H2. The maximum absolute atomic E-state index is 13.5. The number of rotatable bonds is 7. The molecule has 0 unspecified atom stereocenters. The average molecular weight is 508 g/mol. The number of halogens is 1. The van der Waals surface area contributed by atoms with Crippen LogP contribution in [-0.4, -0.2) is 19.3 Å². The number of hydrogen-bond donors (Lipinski definition) is 1. The van der Waals surface area contributed by atoms with Crippen molar-refractivity contribution in [2.45, 2.75) is 11.4 Å². The molecule has 5 rings (SSSR count). The molecule has 5 aromatic rings. The number of sulfonamides is 1. The summed E-state index contributed by atoms with van der Waals surface area (Å²) in [5, 5.41) is 0.522. The van der Waals surface area contributed by atoms with E-state index in [-0.39, 0.29) is 23.0 Å². The topological polar surface area (TPSA) is 92.5 Å². The van der Waals surface area contributed by atoms with Crippen LogP contribution in [0, 0.1) is 5.82 Å². The van der Waals surface area contributed by atoms with Gasteiger partial charge in [-0.1, -0.05) is 23.5 Å². The third-order valence-electron chi connectivity index (χ3n) is 5.16. The van der Waals surface area contributed by atoms with Gasteiger partial charge >= 0.3 is 0 Å². The van der Waals surface area contributed by atoms with Crippen LogP contribution in [0.2, 0.25) is 0 Å². The van der Waals surface area contributed by atoms with Gasteiger partial charge in [-0.15, -0.1) is 0 Å². The maximum atomic E-state index is 13.5. The molecule has 35 heavy (non-hydrogen) atoms. The second-order valence-electron chi connectivity index (χ2n) is 7.57. The minimum absolute atomic E-state index is 0.0699. The second-order valence-corrected chi connectivity index (χ2v) is 10.3. The van der Waals surface area contributed by atoms with Crippen LogP contribution in [0.3, 0.4) is 0 Å². The molecular weight excluding hydrogens is 489 g/mol. The van der Waals surface area contributed by atoms with Crippen LogP contribution in [0.15, 0.2) is 101 Å². The van der Waals surface area contributed by atoms with Crippen molar-refractivity contribution in [2.75, 3.05) is 9.62 Å². The Hall–Kier alpha value is -4.02. The Kier molecular flexibility index (Phi) is 6.06. The lowest BCUT2D eigenvalue weighted by Crippen LogP contribution is -2.30. The molecule has 0 bridgehead atoms. The van der Waals surface area contributed by atoms with E-state index in [1.165, 1.54) is 52.6 Å². The number of aromatic nitrogens is 1. The molecule has 1 amide bonds. The molecular formula is C25H18FN3O4S2. The molecule has 0 fully saturated rings. The molecule has 0 saturated carbocycles. The van der Waals surface area contributed by atoms with E-state index in [0.29, 0.717) is 16.5 Å². The van der Waals surface area contributed by atoms with Crippen molar-refractivity contribution in [3.63, 3.8) is 0 Å². The van der Waals surface area contributed by atoms with Gasteiger partial charge in [-0.3, -0.25) is 14.4 Å². The van der Waals surface area contributed by atoms with Crippen LogP contribution >= 0.6 is 11.3 Å². The van der Waals surface area contributed by atoms with Crippen LogP contribution in [0.1, 0.15) is 16.1 Å². The summed E-state index contributed by atoms with van der Waals surface area (Å²) in [6.45, 7) is 0.185. The number of furan rings is 1. The largest absolute Gasteiger partial charge is 0.467 e. The van der Waals surface area contributed by atoms with Gasteiger partial charge in [0.1, 0.15) is 11.6 Å². The van der Waals surface area contributed by atoms with Crippen molar-refractivity contribution in [1.82, 2.24) is 4.98 Å². The number of nitrogens with zero attached hydrogens (tertiary/aromatic N) is 2. The quantitative estimate of drug-likeness (QED) is 0.306. The number of amides is 1. The molecule has 2 heterocycles. The summed E-state index contributed by atoms with van der Waals surface area (Å²) in [4.78, 5) is 19.5. The van der Waals surface area contributed by atoms with Gasteiger partial charge in [-0.05, 0) is 72.8 Å². The zero-order valence-corrected chi connectivity index (χ0v) is 19.7. The minimum atomic E-state index is -3.90. The van der Waals surface area contributed by atoms with Crippen molar-refractivity contribution in [2.24, 2.45) is 0 Å². The van der Waals surface area contributed by atoms with E-state index in [1.54, 1.807) is 18.4 Å². The lowest BCUT2D eigenvalue weighted by molar-refractivity contribution is 0.0983. The Morgan fingerprint density at radius 1 is 0.971 bits per heavy atom. The molecule has 0 aliphatic heterocycles. The Bertz CT molecular complexity index is 1550. The molecule has 0 saturated heterocycles. The fraction of sp³-hybridized carbons (Fsp3) is 0.0400. The highest BCUT2D eigenvalue weighted by molar-refractivity contribution is 7.92. The fourth-order valence-corrected chi connectivity index (χ4v) is 5.45. The van der Waals surface area contributed by atoms with Crippen molar-refractivity contribution < 1.29 is 22.0 Å². The smallest absolute Gasteiger partial charge is 0.261 e. The first-order chi connectivity index (χ1) is 16.9. The highest BCUT2D eigenvalue weighted by Crippen LogP contribution is 2.31. The summed E-state index contributed by atoms with van der Waals surface area (Å²) in [5.41, 5.74) is 1.40. The number of fused-ring (bicyclic) bond motifs is 1. The maximum Gasteiger partial charge on any atom is 0.261 e.